The molecule has 3 heteroatoms. The summed E-state index contributed by atoms with van der Waals surface area (Å²) in [7, 11) is 0. The van der Waals surface area contributed by atoms with E-state index in [0.29, 0.717) is 18.8 Å². The number of Topliss-reactive ketones (excluding diaryl/α,β-unsaturated/α-hetero) is 1. The van der Waals surface area contributed by atoms with Crippen molar-refractivity contribution in [3.05, 3.63) is 54.0 Å². The molecule has 0 saturated carbocycles. The predicted octanol–water partition coefficient (Wildman–Crippen LogP) is 3.88. The number of unbranched alkanes of at least 4 members (excludes halogenated alkanes) is 1. The molecule has 100 valence electrons. The van der Waals surface area contributed by atoms with Gasteiger partial charge in [-0.1, -0.05) is 25.5 Å². The van der Waals surface area contributed by atoms with Crippen LogP contribution in [0.15, 0.2) is 47.1 Å². The SMILES string of the molecule is CCCCOc1cccc(CC(=O)c2ccco2)c1. The summed E-state index contributed by atoms with van der Waals surface area (Å²) in [6.07, 6.45) is 3.99. The molecule has 1 aromatic heterocycles. The Balaban J connectivity index is 1.97. The van der Waals surface area contributed by atoms with Crippen molar-refractivity contribution < 1.29 is 13.9 Å². The smallest absolute Gasteiger partial charge is 0.202 e. The van der Waals surface area contributed by atoms with E-state index < -0.39 is 0 Å². The van der Waals surface area contributed by atoms with Crippen LogP contribution in [0.2, 0.25) is 0 Å². The van der Waals surface area contributed by atoms with Crippen molar-refractivity contribution in [2.24, 2.45) is 0 Å². The van der Waals surface area contributed by atoms with Gasteiger partial charge in [0.25, 0.3) is 0 Å². The summed E-state index contributed by atoms with van der Waals surface area (Å²) >= 11 is 0. The molecule has 0 aliphatic heterocycles. The second kappa shape index (κ2) is 6.78. The lowest BCUT2D eigenvalue weighted by molar-refractivity contribution is 0.0966. The fourth-order valence-corrected chi connectivity index (χ4v) is 1.79. The predicted molar refractivity (Wildman–Crippen MR) is 73.6 cm³/mol. The largest absolute Gasteiger partial charge is 0.494 e. The maximum absolute atomic E-state index is 11.9. The van der Waals surface area contributed by atoms with Gasteiger partial charge < -0.3 is 9.15 Å². The zero-order valence-electron chi connectivity index (χ0n) is 11.1. The van der Waals surface area contributed by atoms with Gasteiger partial charge in [-0.2, -0.15) is 0 Å². The van der Waals surface area contributed by atoms with Gasteiger partial charge in [0, 0.05) is 6.42 Å². The molecule has 0 N–H and O–H groups in total. The molecule has 2 aromatic rings. The number of ketones is 1. The number of rotatable bonds is 7. The first-order valence-electron chi connectivity index (χ1n) is 6.58. The average molecular weight is 258 g/mol. The molecule has 0 radical (unpaired) electrons. The summed E-state index contributed by atoms with van der Waals surface area (Å²) in [4.78, 5) is 11.9. The van der Waals surface area contributed by atoms with Gasteiger partial charge in [-0.15, -0.1) is 0 Å². The third kappa shape index (κ3) is 3.98. The van der Waals surface area contributed by atoms with Crippen LogP contribution in [-0.4, -0.2) is 12.4 Å². The highest BCUT2D eigenvalue weighted by atomic mass is 16.5. The lowest BCUT2D eigenvalue weighted by Gasteiger charge is -2.06. The Hall–Kier alpha value is -2.03. The molecule has 3 nitrogen and oxygen atoms in total. The molecule has 0 atom stereocenters. The van der Waals surface area contributed by atoms with Crippen LogP contribution in [0.4, 0.5) is 0 Å². The standard InChI is InChI=1S/C16H18O3/c1-2-3-9-18-14-7-4-6-13(11-14)12-15(17)16-8-5-10-19-16/h4-8,10-11H,2-3,9,12H2,1H3. The van der Waals surface area contributed by atoms with Crippen molar-refractivity contribution in [2.45, 2.75) is 26.2 Å². The Bertz CT molecular complexity index is 515. The van der Waals surface area contributed by atoms with E-state index in [4.69, 9.17) is 9.15 Å². The maximum Gasteiger partial charge on any atom is 0.202 e. The van der Waals surface area contributed by atoms with E-state index in [0.717, 1.165) is 24.2 Å². The zero-order chi connectivity index (χ0) is 13.5. The van der Waals surface area contributed by atoms with Crippen LogP contribution < -0.4 is 4.74 Å². The lowest BCUT2D eigenvalue weighted by Crippen LogP contribution is -2.03. The molecule has 0 fully saturated rings. The second-order valence-corrected chi connectivity index (χ2v) is 4.43. The first-order chi connectivity index (χ1) is 9.29. The van der Waals surface area contributed by atoms with E-state index in [9.17, 15) is 4.79 Å². The molecular weight excluding hydrogens is 240 g/mol. The van der Waals surface area contributed by atoms with Gasteiger partial charge >= 0.3 is 0 Å². The van der Waals surface area contributed by atoms with Crippen LogP contribution in [0.1, 0.15) is 35.9 Å². The summed E-state index contributed by atoms with van der Waals surface area (Å²) in [5, 5.41) is 0. The third-order valence-electron chi connectivity index (χ3n) is 2.83. The number of benzene rings is 1. The van der Waals surface area contributed by atoms with Crippen LogP contribution in [0, 0.1) is 0 Å². The monoisotopic (exact) mass is 258 g/mol. The van der Waals surface area contributed by atoms with Crippen molar-refractivity contribution in [2.75, 3.05) is 6.61 Å². The maximum atomic E-state index is 11.9. The van der Waals surface area contributed by atoms with Gasteiger partial charge in [-0.25, -0.2) is 0 Å². The first kappa shape index (κ1) is 13.4. The van der Waals surface area contributed by atoms with Crippen LogP contribution in [0.3, 0.4) is 0 Å². The fourth-order valence-electron chi connectivity index (χ4n) is 1.79. The molecule has 0 spiro atoms. The molecule has 0 aliphatic rings. The third-order valence-corrected chi connectivity index (χ3v) is 2.83. The molecular formula is C16H18O3. The Morgan fingerprint density at radius 2 is 2.16 bits per heavy atom. The summed E-state index contributed by atoms with van der Waals surface area (Å²) in [5.74, 6) is 1.20. The Morgan fingerprint density at radius 1 is 1.26 bits per heavy atom. The molecule has 19 heavy (non-hydrogen) atoms. The van der Waals surface area contributed by atoms with Crippen molar-refractivity contribution >= 4 is 5.78 Å². The quantitative estimate of drug-likeness (QED) is 0.559. The molecule has 0 bridgehead atoms. The Labute approximate surface area is 113 Å². The minimum absolute atomic E-state index is 0.0179. The van der Waals surface area contributed by atoms with Gasteiger partial charge in [-0.05, 0) is 36.2 Å². The van der Waals surface area contributed by atoms with Crippen LogP contribution >= 0.6 is 0 Å². The molecule has 2 rings (SSSR count). The van der Waals surface area contributed by atoms with Crippen LogP contribution in [-0.2, 0) is 6.42 Å². The van der Waals surface area contributed by atoms with E-state index in [1.54, 1.807) is 12.1 Å². The van der Waals surface area contributed by atoms with Gasteiger partial charge in [0.15, 0.2) is 5.76 Å². The van der Waals surface area contributed by atoms with Crippen LogP contribution in [0.5, 0.6) is 5.75 Å². The minimum atomic E-state index is -0.0179. The number of hydrogen-bond acceptors (Lipinski definition) is 3. The summed E-state index contributed by atoms with van der Waals surface area (Å²) in [6, 6.07) is 11.1. The van der Waals surface area contributed by atoms with E-state index in [1.807, 2.05) is 24.3 Å². The van der Waals surface area contributed by atoms with E-state index in [1.165, 1.54) is 6.26 Å². The van der Waals surface area contributed by atoms with Crippen molar-refractivity contribution in [1.29, 1.82) is 0 Å². The average Bonchev–Trinajstić information content (AvgIpc) is 2.93. The molecule has 0 amide bonds. The van der Waals surface area contributed by atoms with E-state index in [-0.39, 0.29) is 5.78 Å². The van der Waals surface area contributed by atoms with Gasteiger partial charge in [-0.3, -0.25) is 4.79 Å². The lowest BCUT2D eigenvalue weighted by atomic mass is 10.1. The number of carbonyl (C=O) groups is 1. The highest BCUT2D eigenvalue weighted by molar-refractivity contribution is 5.94. The Kier molecular flexibility index (Phi) is 4.78. The number of hydrogen-bond donors (Lipinski definition) is 0. The zero-order valence-corrected chi connectivity index (χ0v) is 11.1. The molecule has 1 aromatic carbocycles. The minimum Gasteiger partial charge on any atom is -0.494 e. The highest BCUT2D eigenvalue weighted by Gasteiger charge is 2.10. The van der Waals surface area contributed by atoms with Crippen molar-refractivity contribution in [3.8, 4) is 5.75 Å². The van der Waals surface area contributed by atoms with E-state index in [2.05, 4.69) is 6.92 Å². The highest BCUT2D eigenvalue weighted by Crippen LogP contribution is 2.16. The first-order valence-corrected chi connectivity index (χ1v) is 6.58. The normalized spacial score (nSPS) is 10.4. The van der Waals surface area contributed by atoms with Crippen LogP contribution in [0.25, 0.3) is 0 Å². The topological polar surface area (TPSA) is 39.4 Å². The van der Waals surface area contributed by atoms with Gasteiger partial charge in [0.05, 0.1) is 12.9 Å². The number of carbonyl (C=O) groups excluding carboxylic acids is 1. The molecule has 1 heterocycles. The molecule has 0 saturated heterocycles. The molecule has 0 aliphatic carbocycles. The number of furan rings is 1. The van der Waals surface area contributed by atoms with Gasteiger partial charge in [0.1, 0.15) is 5.75 Å². The number of ether oxygens (including phenoxy) is 1. The van der Waals surface area contributed by atoms with Gasteiger partial charge in [0.2, 0.25) is 5.78 Å². The summed E-state index contributed by atoms with van der Waals surface area (Å²) in [6.45, 7) is 2.84. The fraction of sp³-hybridized carbons (Fsp3) is 0.312. The summed E-state index contributed by atoms with van der Waals surface area (Å²) < 4.78 is 10.7. The Morgan fingerprint density at radius 3 is 2.89 bits per heavy atom. The second-order valence-electron chi connectivity index (χ2n) is 4.43. The van der Waals surface area contributed by atoms with E-state index >= 15 is 0 Å². The van der Waals surface area contributed by atoms with Crippen molar-refractivity contribution in [3.63, 3.8) is 0 Å². The van der Waals surface area contributed by atoms with Crippen molar-refractivity contribution in [1.82, 2.24) is 0 Å². The molecule has 0 unspecified atom stereocenters. The summed E-state index contributed by atoms with van der Waals surface area (Å²) in [5.41, 5.74) is 0.940.